The van der Waals surface area contributed by atoms with Crippen LogP contribution >= 0.6 is 11.3 Å². The predicted octanol–water partition coefficient (Wildman–Crippen LogP) is 3.86. The Morgan fingerprint density at radius 1 is 1.25 bits per heavy atom. The van der Waals surface area contributed by atoms with Gasteiger partial charge in [-0.3, -0.25) is 0 Å². The summed E-state index contributed by atoms with van der Waals surface area (Å²) in [5.41, 5.74) is 4.18. The van der Waals surface area contributed by atoms with E-state index in [2.05, 4.69) is 30.4 Å². The van der Waals surface area contributed by atoms with Crippen molar-refractivity contribution in [1.82, 2.24) is 5.32 Å². The van der Waals surface area contributed by atoms with Crippen molar-refractivity contribution >= 4 is 11.3 Å². The Bertz CT molecular complexity index is 596. The molecule has 1 N–H and O–H groups in total. The highest BCUT2D eigenvalue weighted by molar-refractivity contribution is 7.12. The van der Waals surface area contributed by atoms with Gasteiger partial charge >= 0.3 is 0 Å². The molecule has 0 saturated carbocycles. The molecule has 2 nitrogen and oxygen atoms in total. The molecule has 1 atom stereocenters. The van der Waals surface area contributed by atoms with E-state index in [4.69, 9.17) is 4.74 Å². The molecule has 0 fully saturated rings. The first-order chi connectivity index (χ1) is 9.72. The molecule has 1 unspecified atom stereocenters. The topological polar surface area (TPSA) is 21.3 Å². The zero-order valence-electron chi connectivity index (χ0n) is 12.3. The number of hydrogen-bond donors (Lipinski definition) is 1. The number of fused-ring (bicyclic) bond motifs is 1. The molecule has 2 aromatic rings. The van der Waals surface area contributed by atoms with Gasteiger partial charge in [-0.15, -0.1) is 11.3 Å². The monoisotopic (exact) mass is 287 g/mol. The Morgan fingerprint density at radius 3 is 2.75 bits per heavy atom. The summed E-state index contributed by atoms with van der Waals surface area (Å²) < 4.78 is 5.30. The fourth-order valence-corrected chi connectivity index (χ4v) is 4.43. The van der Waals surface area contributed by atoms with Crippen LogP contribution in [-0.4, -0.2) is 14.2 Å². The van der Waals surface area contributed by atoms with Crippen molar-refractivity contribution in [2.75, 3.05) is 14.2 Å². The lowest BCUT2D eigenvalue weighted by molar-refractivity contribution is 0.414. The van der Waals surface area contributed by atoms with Gasteiger partial charge in [0.15, 0.2) is 0 Å². The van der Waals surface area contributed by atoms with Crippen LogP contribution in [0.1, 0.15) is 38.9 Å². The number of rotatable bonds is 4. The maximum Gasteiger partial charge on any atom is 0.119 e. The molecule has 0 bridgehead atoms. The molecule has 1 aliphatic carbocycles. The molecule has 1 aromatic carbocycles. The number of aryl methyl sites for hydroxylation is 3. The van der Waals surface area contributed by atoms with E-state index in [1.807, 2.05) is 24.5 Å². The maximum absolute atomic E-state index is 5.30. The van der Waals surface area contributed by atoms with Crippen molar-refractivity contribution in [2.45, 2.75) is 32.2 Å². The van der Waals surface area contributed by atoms with Crippen LogP contribution < -0.4 is 10.1 Å². The second-order valence-electron chi connectivity index (χ2n) is 5.39. The van der Waals surface area contributed by atoms with Gasteiger partial charge in [-0.25, -0.2) is 0 Å². The predicted molar refractivity (Wildman–Crippen MR) is 85.0 cm³/mol. The van der Waals surface area contributed by atoms with E-state index >= 15 is 0 Å². The summed E-state index contributed by atoms with van der Waals surface area (Å²) in [6, 6.07) is 9.03. The van der Waals surface area contributed by atoms with Crippen molar-refractivity contribution in [3.8, 4) is 5.75 Å². The smallest absolute Gasteiger partial charge is 0.119 e. The number of ether oxygens (including phenoxy) is 1. The Balaban J connectivity index is 1.96. The first-order valence-corrected chi connectivity index (χ1v) is 7.98. The Kier molecular flexibility index (Phi) is 3.81. The molecular weight excluding hydrogens is 266 g/mol. The van der Waals surface area contributed by atoms with E-state index in [-0.39, 0.29) is 6.04 Å². The van der Waals surface area contributed by atoms with Crippen LogP contribution in [0.4, 0.5) is 0 Å². The number of hydrogen-bond acceptors (Lipinski definition) is 3. The van der Waals surface area contributed by atoms with Gasteiger partial charge < -0.3 is 10.1 Å². The zero-order chi connectivity index (χ0) is 14.1. The highest BCUT2D eigenvalue weighted by atomic mass is 32.1. The van der Waals surface area contributed by atoms with Crippen LogP contribution in [0, 0.1) is 6.92 Å². The van der Waals surface area contributed by atoms with Crippen LogP contribution in [0.2, 0.25) is 0 Å². The van der Waals surface area contributed by atoms with E-state index in [9.17, 15) is 0 Å². The number of thiophene rings is 1. The molecule has 1 aromatic heterocycles. The van der Waals surface area contributed by atoms with E-state index in [0.717, 1.165) is 5.75 Å². The Labute approximate surface area is 124 Å². The summed E-state index contributed by atoms with van der Waals surface area (Å²) in [7, 11) is 3.76. The fourth-order valence-electron chi connectivity index (χ4n) is 3.04. The molecule has 0 aliphatic heterocycles. The minimum absolute atomic E-state index is 0.288. The summed E-state index contributed by atoms with van der Waals surface area (Å²) >= 11 is 1.97. The average molecular weight is 287 g/mol. The minimum atomic E-state index is 0.288. The van der Waals surface area contributed by atoms with Gasteiger partial charge in [0.1, 0.15) is 5.75 Å². The summed E-state index contributed by atoms with van der Waals surface area (Å²) in [4.78, 5) is 3.02. The number of benzene rings is 1. The lowest BCUT2D eigenvalue weighted by Crippen LogP contribution is -2.17. The van der Waals surface area contributed by atoms with Crippen molar-refractivity contribution in [2.24, 2.45) is 0 Å². The molecule has 1 aliphatic rings. The molecule has 1 heterocycles. The van der Waals surface area contributed by atoms with Crippen LogP contribution in [0.5, 0.6) is 5.75 Å². The third kappa shape index (κ3) is 2.36. The standard InChI is InChI=1S/C17H21NOS/c1-11-9-13(19-3)7-8-14(11)17(18-2)16-10-12-5-4-6-15(12)20-16/h7-10,17-18H,4-6H2,1-3H3. The van der Waals surface area contributed by atoms with Gasteiger partial charge in [0.25, 0.3) is 0 Å². The van der Waals surface area contributed by atoms with Gasteiger partial charge in [-0.1, -0.05) is 6.07 Å². The second-order valence-corrected chi connectivity index (χ2v) is 6.56. The third-order valence-corrected chi connectivity index (χ3v) is 5.43. The molecule has 0 spiro atoms. The molecule has 3 heteroatoms. The molecule has 3 rings (SSSR count). The quantitative estimate of drug-likeness (QED) is 0.922. The summed E-state index contributed by atoms with van der Waals surface area (Å²) in [5.74, 6) is 0.926. The number of methoxy groups -OCH3 is 1. The molecular formula is C17H21NOS. The normalized spacial score (nSPS) is 15.2. The largest absolute Gasteiger partial charge is 0.497 e. The van der Waals surface area contributed by atoms with Crippen LogP contribution in [0.15, 0.2) is 24.3 Å². The zero-order valence-corrected chi connectivity index (χ0v) is 13.1. The Hall–Kier alpha value is -1.32. The first kappa shape index (κ1) is 13.7. The van der Waals surface area contributed by atoms with Crippen LogP contribution in [0.25, 0.3) is 0 Å². The maximum atomic E-state index is 5.30. The fraction of sp³-hybridized carbons (Fsp3) is 0.412. The van der Waals surface area contributed by atoms with Gasteiger partial charge in [0.05, 0.1) is 13.2 Å². The van der Waals surface area contributed by atoms with Gasteiger partial charge in [-0.05, 0) is 68.1 Å². The average Bonchev–Trinajstić information content (AvgIpc) is 3.02. The van der Waals surface area contributed by atoms with Gasteiger partial charge in [0.2, 0.25) is 0 Å². The molecule has 106 valence electrons. The molecule has 0 radical (unpaired) electrons. The van der Waals surface area contributed by atoms with E-state index < -0.39 is 0 Å². The lowest BCUT2D eigenvalue weighted by atomic mass is 9.99. The molecule has 0 amide bonds. The third-order valence-electron chi connectivity index (χ3n) is 4.13. The molecule has 20 heavy (non-hydrogen) atoms. The Morgan fingerprint density at radius 2 is 2.10 bits per heavy atom. The van der Waals surface area contributed by atoms with Gasteiger partial charge in [-0.2, -0.15) is 0 Å². The van der Waals surface area contributed by atoms with Crippen molar-refractivity contribution in [3.63, 3.8) is 0 Å². The first-order valence-electron chi connectivity index (χ1n) is 7.16. The lowest BCUT2D eigenvalue weighted by Gasteiger charge is -2.18. The highest BCUT2D eigenvalue weighted by Gasteiger charge is 2.21. The van der Waals surface area contributed by atoms with Crippen LogP contribution in [0.3, 0.4) is 0 Å². The van der Waals surface area contributed by atoms with E-state index in [1.165, 1.54) is 35.3 Å². The van der Waals surface area contributed by atoms with Crippen molar-refractivity contribution < 1.29 is 4.74 Å². The van der Waals surface area contributed by atoms with E-state index in [1.54, 1.807) is 17.6 Å². The van der Waals surface area contributed by atoms with Crippen molar-refractivity contribution in [1.29, 1.82) is 0 Å². The molecule has 0 saturated heterocycles. The summed E-state index contributed by atoms with van der Waals surface area (Å²) in [6.45, 7) is 2.16. The number of nitrogens with one attached hydrogen (secondary N) is 1. The van der Waals surface area contributed by atoms with Crippen molar-refractivity contribution in [3.05, 3.63) is 50.7 Å². The minimum Gasteiger partial charge on any atom is -0.497 e. The summed E-state index contributed by atoms with van der Waals surface area (Å²) in [6.07, 6.45) is 3.84. The van der Waals surface area contributed by atoms with E-state index in [0.29, 0.717) is 0 Å². The highest BCUT2D eigenvalue weighted by Crippen LogP contribution is 2.37. The van der Waals surface area contributed by atoms with Gasteiger partial charge in [0, 0.05) is 9.75 Å². The second kappa shape index (κ2) is 5.58. The summed E-state index contributed by atoms with van der Waals surface area (Å²) in [5, 5.41) is 3.47. The SMILES string of the molecule is CNC(c1cc2c(s1)CCC2)c1ccc(OC)cc1C. The van der Waals surface area contributed by atoms with Crippen LogP contribution in [-0.2, 0) is 12.8 Å².